The van der Waals surface area contributed by atoms with Gasteiger partial charge >= 0.3 is 0 Å². The zero-order chi connectivity index (χ0) is 18.4. The average Bonchev–Trinajstić information content (AvgIpc) is 2.66. The van der Waals surface area contributed by atoms with Crippen molar-refractivity contribution in [2.45, 2.75) is 13.0 Å². The van der Waals surface area contributed by atoms with Crippen LogP contribution in [0.3, 0.4) is 0 Å². The first-order chi connectivity index (χ1) is 12.7. The molecule has 3 rings (SSSR count). The van der Waals surface area contributed by atoms with Crippen molar-refractivity contribution in [1.82, 2.24) is 5.32 Å². The van der Waals surface area contributed by atoms with E-state index in [-0.39, 0.29) is 18.5 Å². The second-order valence-corrected chi connectivity index (χ2v) is 5.81. The maximum absolute atomic E-state index is 13.7. The Kier molecular flexibility index (Phi) is 5.86. The van der Waals surface area contributed by atoms with Crippen LogP contribution in [0.4, 0.5) is 4.39 Å². The van der Waals surface area contributed by atoms with Crippen LogP contribution >= 0.6 is 0 Å². The van der Waals surface area contributed by atoms with Gasteiger partial charge in [-0.25, -0.2) is 4.39 Å². The summed E-state index contributed by atoms with van der Waals surface area (Å²) in [5.74, 6) is 0.825. The summed E-state index contributed by atoms with van der Waals surface area (Å²) >= 11 is 0. The van der Waals surface area contributed by atoms with Crippen molar-refractivity contribution < 1.29 is 23.4 Å². The van der Waals surface area contributed by atoms with Crippen molar-refractivity contribution in [3.63, 3.8) is 0 Å². The molecule has 0 saturated carbocycles. The Labute approximate surface area is 151 Å². The second-order valence-electron chi connectivity index (χ2n) is 5.81. The highest BCUT2D eigenvalue weighted by Crippen LogP contribution is 2.29. The number of ether oxygens (including phenoxy) is 3. The quantitative estimate of drug-likeness (QED) is 0.808. The Morgan fingerprint density at radius 1 is 1.35 bits per heavy atom. The van der Waals surface area contributed by atoms with E-state index < -0.39 is 0 Å². The third-order valence-corrected chi connectivity index (χ3v) is 3.97. The van der Waals surface area contributed by atoms with Crippen LogP contribution in [0.15, 0.2) is 42.5 Å². The number of rotatable bonds is 6. The van der Waals surface area contributed by atoms with E-state index in [1.807, 2.05) is 24.3 Å². The Balaban J connectivity index is 1.55. The van der Waals surface area contributed by atoms with E-state index in [4.69, 9.17) is 14.2 Å². The topological polar surface area (TPSA) is 56.8 Å². The minimum absolute atomic E-state index is 0.154. The van der Waals surface area contributed by atoms with Crippen LogP contribution in [-0.4, -0.2) is 26.4 Å². The second kappa shape index (κ2) is 8.49. The summed E-state index contributed by atoms with van der Waals surface area (Å²) in [6.07, 6.45) is 3.64. The van der Waals surface area contributed by atoms with Gasteiger partial charge in [-0.05, 0) is 47.9 Å². The molecular formula is C20H20FNO4. The van der Waals surface area contributed by atoms with Crippen LogP contribution in [0.25, 0.3) is 6.08 Å². The van der Waals surface area contributed by atoms with Gasteiger partial charge in [-0.2, -0.15) is 0 Å². The van der Waals surface area contributed by atoms with Gasteiger partial charge in [0.25, 0.3) is 0 Å². The summed E-state index contributed by atoms with van der Waals surface area (Å²) < 4.78 is 29.5. The molecule has 1 heterocycles. The third-order valence-electron chi connectivity index (χ3n) is 3.97. The fourth-order valence-electron chi connectivity index (χ4n) is 2.74. The van der Waals surface area contributed by atoms with Crippen LogP contribution in [0, 0.1) is 5.82 Å². The molecule has 0 unspecified atom stereocenters. The van der Waals surface area contributed by atoms with Gasteiger partial charge < -0.3 is 19.5 Å². The van der Waals surface area contributed by atoms with Crippen LogP contribution < -0.4 is 14.8 Å². The van der Waals surface area contributed by atoms with Gasteiger partial charge in [-0.3, -0.25) is 4.79 Å². The first kappa shape index (κ1) is 17.9. The van der Waals surface area contributed by atoms with Crippen LogP contribution in [-0.2, 0) is 22.6 Å². The van der Waals surface area contributed by atoms with Crippen LogP contribution in [0.5, 0.6) is 11.5 Å². The molecule has 0 saturated heterocycles. The average molecular weight is 357 g/mol. The minimum atomic E-state index is -0.336. The molecule has 136 valence electrons. The van der Waals surface area contributed by atoms with E-state index in [1.54, 1.807) is 13.2 Å². The molecule has 0 aliphatic carbocycles. The van der Waals surface area contributed by atoms with Crippen LogP contribution in [0.2, 0.25) is 0 Å². The molecule has 1 aliphatic rings. The lowest BCUT2D eigenvalue weighted by Crippen LogP contribution is -2.24. The summed E-state index contributed by atoms with van der Waals surface area (Å²) in [6.45, 7) is 0.860. The van der Waals surface area contributed by atoms with Crippen molar-refractivity contribution in [3.05, 3.63) is 65.0 Å². The summed E-state index contributed by atoms with van der Waals surface area (Å²) in [7, 11) is 1.59. The molecule has 0 bridgehead atoms. The Hall–Kier alpha value is -2.86. The highest BCUT2D eigenvalue weighted by atomic mass is 19.1. The van der Waals surface area contributed by atoms with E-state index in [2.05, 4.69) is 5.32 Å². The third kappa shape index (κ3) is 4.61. The van der Waals surface area contributed by atoms with Crippen molar-refractivity contribution in [2.24, 2.45) is 0 Å². The van der Waals surface area contributed by atoms with Crippen LogP contribution in [0.1, 0.15) is 16.7 Å². The fraction of sp³-hybridized carbons (Fsp3) is 0.250. The minimum Gasteiger partial charge on any atom is -0.497 e. The molecule has 0 atom stereocenters. The van der Waals surface area contributed by atoms with E-state index in [0.717, 1.165) is 16.9 Å². The number of methoxy groups -OCH3 is 1. The van der Waals surface area contributed by atoms with E-state index in [0.29, 0.717) is 30.9 Å². The number of benzene rings is 2. The van der Waals surface area contributed by atoms with Crippen molar-refractivity contribution >= 4 is 12.0 Å². The predicted octanol–water partition coefficient (Wildman–Crippen LogP) is 3.07. The molecule has 1 N–H and O–H groups in total. The van der Waals surface area contributed by atoms with Gasteiger partial charge in [0.1, 0.15) is 17.3 Å². The highest BCUT2D eigenvalue weighted by molar-refractivity contribution is 5.91. The maximum Gasteiger partial charge on any atom is 0.244 e. The van der Waals surface area contributed by atoms with Gasteiger partial charge in [0.2, 0.25) is 5.91 Å². The Bertz CT molecular complexity index is 819. The Morgan fingerprint density at radius 3 is 3.08 bits per heavy atom. The summed E-state index contributed by atoms with van der Waals surface area (Å²) in [5, 5.41) is 2.79. The zero-order valence-electron chi connectivity index (χ0n) is 14.5. The highest BCUT2D eigenvalue weighted by Gasteiger charge is 2.16. The number of fused-ring (bicyclic) bond motifs is 1. The molecule has 1 aliphatic heterocycles. The van der Waals surface area contributed by atoms with E-state index in [9.17, 15) is 9.18 Å². The van der Waals surface area contributed by atoms with Crippen molar-refractivity contribution in [2.75, 3.05) is 20.4 Å². The Morgan fingerprint density at radius 2 is 2.23 bits per heavy atom. The molecule has 0 radical (unpaired) electrons. The lowest BCUT2D eigenvalue weighted by molar-refractivity contribution is -0.116. The zero-order valence-corrected chi connectivity index (χ0v) is 14.5. The van der Waals surface area contributed by atoms with Gasteiger partial charge in [0, 0.05) is 18.2 Å². The number of carbonyl (C=O) groups excluding carboxylic acids is 1. The normalized spacial score (nSPS) is 13.2. The van der Waals surface area contributed by atoms with E-state index in [1.165, 1.54) is 18.2 Å². The predicted molar refractivity (Wildman–Crippen MR) is 95.4 cm³/mol. The molecule has 1 amide bonds. The molecule has 0 fully saturated rings. The molecule has 2 aromatic carbocycles. The smallest absolute Gasteiger partial charge is 0.244 e. The van der Waals surface area contributed by atoms with Gasteiger partial charge in [-0.15, -0.1) is 0 Å². The number of carbonyl (C=O) groups is 1. The largest absolute Gasteiger partial charge is 0.497 e. The number of hydrogen-bond acceptors (Lipinski definition) is 4. The fourth-order valence-corrected chi connectivity index (χ4v) is 2.74. The molecule has 0 spiro atoms. The number of hydrogen-bond donors (Lipinski definition) is 1. The monoisotopic (exact) mass is 357 g/mol. The number of amides is 1. The van der Waals surface area contributed by atoms with E-state index >= 15 is 0 Å². The maximum atomic E-state index is 13.7. The van der Waals surface area contributed by atoms with Crippen molar-refractivity contribution in [1.29, 1.82) is 0 Å². The molecular weight excluding hydrogens is 337 g/mol. The van der Waals surface area contributed by atoms with Crippen molar-refractivity contribution in [3.8, 4) is 11.5 Å². The van der Waals surface area contributed by atoms with Gasteiger partial charge in [-0.1, -0.05) is 12.1 Å². The molecule has 0 aromatic heterocycles. The standard InChI is InChI=1S/C20H20FNO4/c1-24-18-4-2-3-14(9-18)5-6-19(23)22-8-7-15-10-17(21)11-16-12-25-13-26-20(15)16/h2-6,9-11H,7-8,12-13H2,1H3,(H,22,23)/b6-5+. The molecule has 6 heteroatoms. The lowest BCUT2D eigenvalue weighted by Gasteiger charge is -2.20. The van der Waals surface area contributed by atoms with Gasteiger partial charge in [0.15, 0.2) is 6.79 Å². The SMILES string of the molecule is COc1cccc(/C=C/C(=O)NCCc2cc(F)cc3c2OCOC3)c1. The molecule has 2 aromatic rings. The summed E-state index contributed by atoms with van der Waals surface area (Å²) in [5.41, 5.74) is 2.28. The molecule has 26 heavy (non-hydrogen) atoms. The first-order valence-corrected chi connectivity index (χ1v) is 8.27. The first-order valence-electron chi connectivity index (χ1n) is 8.27. The number of nitrogens with one attached hydrogen (secondary N) is 1. The van der Waals surface area contributed by atoms with Gasteiger partial charge in [0.05, 0.1) is 13.7 Å². The number of halogens is 1. The summed E-state index contributed by atoms with van der Waals surface area (Å²) in [4.78, 5) is 12.0. The molecule has 5 nitrogen and oxygen atoms in total. The summed E-state index contributed by atoms with van der Waals surface area (Å²) in [6, 6.07) is 10.3. The lowest BCUT2D eigenvalue weighted by atomic mass is 10.1.